The first-order valence-electron chi connectivity index (χ1n) is 8.79. The van der Waals surface area contributed by atoms with Crippen LogP contribution in [0.3, 0.4) is 0 Å². The van der Waals surface area contributed by atoms with Gasteiger partial charge in [-0.1, -0.05) is 18.2 Å². The first-order chi connectivity index (χ1) is 11.5. The van der Waals surface area contributed by atoms with Crippen molar-refractivity contribution in [2.75, 3.05) is 53.0 Å². The molecule has 0 spiro atoms. The number of piperazine rings is 1. The van der Waals surface area contributed by atoms with Crippen LogP contribution in [0.1, 0.15) is 29.7 Å². The maximum atomic E-state index is 12.3. The molecular weight excluding hydrogens is 302 g/mol. The van der Waals surface area contributed by atoms with Gasteiger partial charge in [-0.05, 0) is 37.5 Å². The molecule has 2 rings (SSSR count). The molecule has 24 heavy (non-hydrogen) atoms. The minimum atomic E-state index is 0.0415. The Kier molecular flexibility index (Phi) is 7.21. The quantitative estimate of drug-likeness (QED) is 0.826. The minimum Gasteiger partial charge on any atom is -0.383 e. The van der Waals surface area contributed by atoms with Gasteiger partial charge in [0.05, 0.1) is 19.2 Å². The highest BCUT2D eigenvalue weighted by molar-refractivity contribution is 5.78. The Balaban J connectivity index is 1.76. The van der Waals surface area contributed by atoms with Gasteiger partial charge in [0.15, 0.2) is 0 Å². The molecule has 1 aliphatic rings. The van der Waals surface area contributed by atoms with E-state index in [1.807, 2.05) is 6.92 Å². The first kappa shape index (κ1) is 18.9. The van der Waals surface area contributed by atoms with Gasteiger partial charge in [-0.15, -0.1) is 0 Å². The van der Waals surface area contributed by atoms with E-state index >= 15 is 0 Å². The molecule has 5 nitrogen and oxygen atoms in total. The van der Waals surface area contributed by atoms with Crippen molar-refractivity contribution in [1.29, 1.82) is 0 Å². The molecule has 1 saturated heterocycles. The number of carbonyl (C=O) groups excluding carboxylic acids is 1. The van der Waals surface area contributed by atoms with E-state index < -0.39 is 0 Å². The SMILES string of the molecule is COCCN1CCN(CC(=O)N[C@@H](C)c2ccc(C)c(C)c2)CC1. The summed E-state index contributed by atoms with van der Waals surface area (Å²) in [6, 6.07) is 6.42. The smallest absolute Gasteiger partial charge is 0.234 e. The molecule has 0 saturated carbocycles. The van der Waals surface area contributed by atoms with E-state index in [2.05, 4.69) is 47.2 Å². The fraction of sp³-hybridized carbons (Fsp3) is 0.632. The van der Waals surface area contributed by atoms with Crippen molar-refractivity contribution in [3.8, 4) is 0 Å². The van der Waals surface area contributed by atoms with Crippen molar-refractivity contribution in [3.63, 3.8) is 0 Å². The number of amides is 1. The van der Waals surface area contributed by atoms with Gasteiger partial charge in [-0.3, -0.25) is 14.6 Å². The van der Waals surface area contributed by atoms with E-state index in [0.717, 1.165) is 44.9 Å². The number of rotatable bonds is 7. The predicted molar refractivity (Wildman–Crippen MR) is 97.2 cm³/mol. The summed E-state index contributed by atoms with van der Waals surface area (Å²) in [6.07, 6.45) is 0. The summed E-state index contributed by atoms with van der Waals surface area (Å²) in [7, 11) is 1.73. The number of benzene rings is 1. The molecule has 1 N–H and O–H groups in total. The zero-order valence-electron chi connectivity index (χ0n) is 15.5. The Bertz CT molecular complexity index is 539. The number of hydrogen-bond donors (Lipinski definition) is 1. The number of nitrogens with zero attached hydrogens (tertiary/aromatic N) is 2. The maximum absolute atomic E-state index is 12.3. The molecule has 5 heteroatoms. The van der Waals surface area contributed by atoms with E-state index in [9.17, 15) is 4.79 Å². The summed E-state index contributed by atoms with van der Waals surface area (Å²) >= 11 is 0. The van der Waals surface area contributed by atoms with Crippen LogP contribution < -0.4 is 5.32 Å². The van der Waals surface area contributed by atoms with Crippen molar-refractivity contribution in [2.45, 2.75) is 26.8 Å². The van der Waals surface area contributed by atoms with Crippen molar-refractivity contribution < 1.29 is 9.53 Å². The van der Waals surface area contributed by atoms with Crippen LogP contribution in [0.2, 0.25) is 0 Å². The molecule has 1 aromatic carbocycles. The van der Waals surface area contributed by atoms with Gasteiger partial charge in [0.1, 0.15) is 0 Å². The average molecular weight is 333 g/mol. The number of ether oxygens (including phenoxy) is 1. The molecule has 1 fully saturated rings. The average Bonchev–Trinajstić information content (AvgIpc) is 2.56. The van der Waals surface area contributed by atoms with E-state index in [1.165, 1.54) is 11.1 Å². The summed E-state index contributed by atoms with van der Waals surface area (Å²) in [5, 5.41) is 3.12. The van der Waals surface area contributed by atoms with Crippen molar-refractivity contribution in [1.82, 2.24) is 15.1 Å². The van der Waals surface area contributed by atoms with Crippen LogP contribution in [0.4, 0.5) is 0 Å². The largest absolute Gasteiger partial charge is 0.383 e. The Labute approximate surface area is 146 Å². The molecule has 0 unspecified atom stereocenters. The lowest BCUT2D eigenvalue weighted by atomic mass is 10.0. The topological polar surface area (TPSA) is 44.8 Å². The van der Waals surface area contributed by atoms with E-state index in [4.69, 9.17) is 4.74 Å². The highest BCUT2D eigenvalue weighted by atomic mass is 16.5. The fourth-order valence-electron chi connectivity index (χ4n) is 3.00. The molecule has 0 aliphatic carbocycles. The molecule has 1 aromatic rings. The van der Waals surface area contributed by atoms with Crippen LogP contribution in [-0.2, 0) is 9.53 Å². The highest BCUT2D eigenvalue weighted by Crippen LogP contribution is 2.16. The van der Waals surface area contributed by atoms with Crippen molar-refractivity contribution in [2.24, 2.45) is 0 Å². The number of methoxy groups -OCH3 is 1. The molecule has 1 atom stereocenters. The van der Waals surface area contributed by atoms with Gasteiger partial charge >= 0.3 is 0 Å². The van der Waals surface area contributed by atoms with Gasteiger partial charge < -0.3 is 10.1 Å². The highest BCUT2D eigenvalue weighted by Gasteiger charge is 2.19. The van der Waals surface area contributed by atoms with Gasteiger partial charge in [0.2, 0.25) is 5.91 Å². The molecule has 0 bridgehead atoms. The number of nitrogens with one attached hydrogen (secondary N) is 1. The second-order valence-electron chi connectivity index (χ2n) is 6.74. The van der Waals surface area contributed by atoms with Crippen LogP contribution in [0.5, 0.6) is 0 Å². The van der Waals surface area contributed by atoms with Crippen LogP contribution in [0, 0.1) is 13.8 Å². The van der Waals surface area contributed by atoms with E-state index in [-0.39, 0.29) is 11.9 Å². The number of aryl methyl sites for hydroxylation is 2. The zero-order valence-corrected chi connectivity index (χ0v) is 15.5. The Morgan fingerprint density at radius 3 is 2.46 bits per heavy atom. The lowest BCUT2D eigenvalue weighted by molar-refractivity contribution is -0.123. The third-order valence-corrected chi connectivity index (χ3v) is 4.85. The van der Waals surface area contributed by atoms with Gasteiger partial charge in [0, 0.05) is 39.8 Å². The van der Waals surface area contributed by atoms with Crippen LogP contribution >= 0.6 is 0 Å². The van der Waals surface area contributed by atoms with Crippen LogP contribution in [-0.4, -0.2) is 68.7 Å². The van der Waals surface area contributed by atoms with Gasteiger partial charge in [-0.25, -0.2) is 0 Å². The molecule has 1 heterocycles. The fourth-order valence-corrected chi connectivity index (χ4v) is 3.00. The second-order valence-corrected chi connectivity index (χ2v) is 6.74. The predicted octanol–water partition coefficient (Wildman–Crippen LogP) is 1.74. The summed E-state index contributed by atoms with van der Waals surface area (Å²) in [5.41, 5.74) is 3.71. The summed E-state index contributed by atoms with van der Waals surface area (Å²) in [6.45, 7) is 12.4. The molecule has 1 aliphatic heterocycles. The summed E-state index contributed by atoms with van der Waals surface area (Å²) in [5.74, 6) is 0.103. The van der Waals surface area contributed by atoms with E-state index in [0.29, 0.717) is 6.54 Å². The Hall–Kier alpha value is -1.43. The minimum absolute atomic E-state index is 0.0415. The third kappa shape index (κ3) is 5.58. The molecule has 0 aromatic heterocycles. The number of hydrogen-bond acceptors (Lipinski definition) is 4. The third-order valence-electron chi connectivity index (χ3n) is 4.85. The lowest BCUT2D eigenvalue weighted by Crippen LogP contribution is -2.50. The summed E-state index contributed by atoms with van der Waals surface area (Å²) < 4.78 is 5.12. The van der Waals surface area contributed by atoms with Crippen molar-refractivity contribution >= 4 is 5.91 Å². The zero-order chi connectivity index (χ0) is 17.5. The van der Waals surface area contributed by atoms with E-state index in [1.54, 1.807) is 7.11 Å². The number of carbonyl (C=O) groups is 1. The lowest BCUT2D eigenvalue weighted by Gasteiger charge is -2.34. The Morgan fingerprint density at radius 2 is 1.83 bits per heavy atom. The molecule has 0 radical (unpaired) electrons. The van der Waals surface area contributed by atoms with Gasteiger partial charge in [0.25, 0.3) is 0 Å². The van der Waals surface area contributed by atoms with Crippen LogP contribution in [0.25, 0.3) is 0 Å². The standard InChI is InChI=1S/C19H31N3O2/c1-15-5-6-18(13-16(15)2)17(3)20-19(23)14-22-9-7-21(8-10-22)11-12-24-4/h5-6,13,17H,7-12,14H2,1-4H3,(H,20,23)/t17-/m0/s1. The molecule has 1 amide bonds. The molecule has 134 valence electrons. The monoisotopic (exact) mass is 333 g/mol. The normalized spacial score (nSPS) is 17.7. The first-order valence-corrected chi connectivity index (χ1v) is 8.79. The van der Waals surface area contributed by atoms with Gasteiger partial charge in [-0.2, -0.15) is 0 Å². The van der Waals surface area contributed by atoms with Crippen molar-refractivity contribution in [3.05, 3.63) is 34.9 Å². The van der Waals surface area contributed by atoms with Crippen LogP contribution in [0.15, 0.2) is 18.2 Å². The Morgan fingerprint density at radius 1 is 1.17 bits per heavy atom. The molecular formula is C19H31N3O2. The second kappa shape index (κ2) is 9.16. The summed E-state index contributed by atoms with van der Waals surface area (Å²) in [4.78, 5) is 16.9. The maximum Gasteiger partial charge on any atom is 0.234 e.